The van der Waals surface area contributed by atoms with Gasteiger partial charge in [-0.1, -0.05) is 6.07 Å². The molecule has 1 amide bonds. The maximum atomic E-state index is 11.5. The molecule has 0 aromatic heterocycles. The Hall–Kier alpha value is -1.95. The second kappa shape index (κ2) is 7.55. The van der Waals surface area contributed by atoms with Crippen molar-refractivity contribution in [3.05, 3.63) is 23.8 Å². The lowest BCUT2D eigenvalue weighted by Crippen LogP contribution is -2.53. The Morgan fingerprint density at radius 3 is 2.43 bits per heavy atom. The number of rotatable bonds is 6. The van der Waals surface area contributed by atoms with Crippen molar-refractivity contribution in [2.75, 3.05) is 26.4 Å². The molecular formula is C17H29N3O3. The van der Waals surface area contributed by atoms with E-state index >= 15 is 0 Å². The molecule has 23 heavy (non-hydrogen) atoms. The molecule has 6 heteroatoms. The van der Waals surface area contributed by atoms with Crippen molar-refractivity contribution in [3.8, 4) is 5.75 Å². The maximum Gasteiger partial charge on any atom is 0.408 e. The second-order valence-electron chi connectivity index (χ2n) is 6.95. The standard InChI is InChI=1S/C17H29N3O3/c1-12(20(16(21)22)17(2,3)4)10-19(5)11-13-7-8-15(23-6)14(18)9-13/h7-9,12H,10-11,18H2,1-6H3,(H,21,22). The van der Waals surface area contributed by atoms with E-state index in [0.717, 1.165) is 5.56 Å². The molecule has 0 saturated heterocycles. The van der Waals surface area contributed by atoms with Crippen molar-refractivity contribution in [2.24, 2.45) is 0 Å². The number of carbonyl (C=O) groups is 1. The van der Waals surface area contributed by atoms with Crippen LogP contribution in [0.1, 0.15) is 33.3 Å². The number of nitrogens with two attached hydrogens (primary N) is 1. The average Bonchev–Trinajstić information content (AvgIpc) is 2.36. The molecule has 3 N–H and O–H groups in total. The van der Waals surface area contributed by atoms with Gasteiger partial charge in [0.15, 0.2) is 0 Å². The van der Waals surface area contributed by atoms with Crippen LogP contribution >= 0.6 is 0 Å². The number of nitrogen functional groups attached to an aromatic ring is 1. The van der Waals surface area contributed by atoms with E-state index in [1.807, 2.05) is 52.9 Å². The number of nitrogens with zero attached hydrogens (tertiary/aromatic N) is 2. The summed E-state index contributed by atoms with van der Waals surface area (Å²) in [5, 5.41) is 9.45. The van der Waals surface area contributed by atoms with E-state index in [4.69, 9.17) is 10.5 Å². The van der Waals surface area contributed by atoms with Gasteiger partial charge in [-0.15, -0.1) is 0 Å². The van der Waals surface area contributed by atoms with Crippen LogP contribution in [0.4, 0.5) is 10.5 Å². The molecule has 0 spiro atoms. The van der Waals surface area contributed by atoms with Crippen LogP contribution in [0.25, 0.3) is 0 Å². The third-order valence-corrected chi connectivity index (χ3v) is 3.69. The Morgan fingerprint density at radius 1 is 1.39 bits per heavy atom. The average molecular weight is 323 g/mol. The third kappa shape index (κ3) is 5.32. The van der Waals surface area contributed by atoms with Gasteiger partial charge in [-0.05, 0) is 52.4 Å². The number of methoxy groups -OCH3 is 1. The fourth-order valence-electron chi connectivity index (χ4n) is 2.93. The molecule has 0 saturated carbocycles. The summed E-state index contributed by atoms with van der Waals surface area (Å²) >= 11 is 0. The molecule has 1 aromatic rings. The highest BCUT2D eigenvalue weighted by Crippen LogP contribution is 2.23. The monoisotopic (exact) mass is 323 g/mol. The lowest BCUT2D eigenvalue weighted by molar-refractivity contribution is 0.0634. The number of likely N-dealkylation sites (N-methyl/N-ethyl adjacent to an activating group) is 1. The summed E-state index contributed by atoms with van der Waals surface area (Å²) in [6.45, 7) is 8.97. The van der Waals surface area contributed by atoms with Crippen LogP contribution in [0.2, 0.25) is 0 Å². The van der Waals surface area contributed by atoms with E-state index in [2.05, 4.69) is 4.90 Å². The summed E-state index contributed by atoms with van der Waals surface area (Å²) in [6.07, 6.45) is -0.896. The quantitative estimate of drug-likeness (QED) is 0.787. The van der Waals surface area contributed by atoms with E-state index in [-0.39, 0.29) is 6.04 Å². The second-order valence-corrected chi connectivity index (χ2v) is 6.95. The van der Waals surface area contributed by atoms with Crippen molar-refractivity contribution in [3.63, 3.8) is 0 Å². The van der Waals surface area contributed by atoms with Gasteiger partial charge in [0.1, 0.15) is 5.75 Å². The fourth-order valence-corrected chi connectivity index (χ4v) is 2.93. The summed E-state index contributed by atoms with van der Waals surface area (Å²) in [6, 6.07) is 5.59. The van der Waals surface area contributed by atoms with E-state index in [9.17, 15) is 9.90 Å². The number of carboxylic acid groups (broad SMARTS) is 1. The Kier molecular flexibility index (Phi) is 6.27. The van der Waals surface area contributed by atoms with Crippen LogP contribution in [0.5, 0.6) is 5.75 Å². The van der Waals surface area contributed by atoms with E-state index in [1.165, 1.54) is 4.90 Å². The minimum Gasteiger partial charge on any atom is -0.495 e. The van der Waals surface area contributed by atoms with Crippen molar-refractivity contribution < 1.29 is 14.6 Å². The topological polar surface area (TPSA) is 79.0 Å². The molecular weight excluding hydrogens is 294 g/mol. The van der Waals surface area contributed by atoms with Crippen LogP contribution in [0, 0.1) is 0 Å². The van der Waals surface area contributed by atoms with E-state index in [1.54, 1.807) is 7.11 Å². The van der Waals surface area contributed by atoms with E-state index < -0.39 is 11.6 Å². The van der Waals surface area contributed by atoms with Crippen LogP contribution < -0.4 is 10.5 Å². The van der Waals surface area contributed by atoms with Gasteiger partial charge in [-0.25, -0.2) is 4.79 Å². The Morgan fingerprint density at radius 2 is 2.00 bits per heavy atom. The molecule has 1 rings (SSSR count). The maximum absolute atomic E-state index is 11.5. The molecule has 0 aliphatic rings. The molecule has 0 radical (unpaired) electrons. The van der Waals surface area contributed by atoms with Gasteiger partial charge in [-0.2, -0.15) is 0 Å². The van der Waals surface area contributed by atoms with Gasteiger partial charge >= 0.3 is 6.09 Å². The number of hydrogen-bond donors (Lipinski definition) is 2. The Bertz CT molecular complexity index is 540. The lowest BCUT2D eigenvalue weighted by atomic mass is 10.0. The van der Waals surface area contributed by atoms with Crippen LogP contribution in [0.3, 0.4) is 0 Å². The molecule has 6 nitrogen and oxygen atoms in total. The number of benzene rings is 1. The first kappa shape index (κ1) is 19.1. The smallest absolute Gasteiger partial charge is 0.408 e. The molecule has 0 bridgehead atoms. The molecule has 0 heterocycles. The summed E-state index contributed by atoms with van der Waals surface area (Å²) in [7, 11) is 3.56. The predicted molar refractivity (Wildman–Crippen MR) is 92.8 cm³/mol. The lowest BCUT2D eigenvalue weighted by Gasteiger charge is -2.39. The van der Waals surface area contributed by atoms with Gasteiger partial charge < -0.3 is 20.5 Å². The first-order chi connectivity index (χ1) is 10.6. The van der Waals surface area contributed by atoms with Gasteiger partial charge in [0.05, 0.1) is 12.8 Å². The highest BCUT2D eigenvalue weighted by atomic mass is 16.5. The van der Waals surface area contributed by atoms with Crippen molar-refractivity contribution >= 4 is 11.8 Å². The van der Waals surface area contributed by atoms with Crippen LogP contribution in [-0.4, -0.2) is 53.3 Å². The molecule has 0 aliphatic carbocycles. The van der Waals surface area contributed by atoms with Crippen molar-refractivity contribution in [1.82, 2.24) is 9.80 Å². The first-order valence-electron chi connectivity index (χ1n) is 7.69. The van der Waals surface area contributed by atoms with Crippen LogP contribution in [0.15, 0.2) is 18.2 Å². The molecule has 0 fully saturated rings. The number of ether oxygens (including phenoxy) is 1. The zero-order valence-corrected chi connectivity index (χ0v) is 15.0. The SMILES string of the molecule is COc1ccc(CN(C)CC(C)N(C(=O)O)C(C)(C)C)cc1N. The van der Waals surface area contributed by atoms with Gasteiger partial charge in [0.2, 0.25) is 0 Å². The highest BCUT2D eigenvalue weighted by molar-refractivity contribution is 5.66. The number of amides is 1. The Balaban J connectivity index is 2.73. The molecule has 1 atom stereocenters. The van der Waals surface area contributed by atoms with Crippen LogP contribution in [-0.2, 0) is 6.54 Å². The fraction of sp³-hybridized carbons (Fsp3) is 0.588. The largest absolute Gasteiger partial charge is 0.495 e. The normalized spacial score (nSPS) is 13.0. The molecule has 130 valence electrons. The Labute approximate surface area is 138 Å². The van der Waals surface area contributed by atoms with Crippen molar-refractivity contribution in [1.29, 1.82) is 0 Å². The zero-order valence-electron chi connectivity index (χ0n) is 15.0. The summed E-state index contributed by atoms with van der Waals surface area (Å²) in [5.74, 6) is 0.662. The molecule has 1 aromatic carbocycles. The minimum atomic E-state index is -0.896. The number of hydrogen-bond acceptors (Lipinski definition) is 4. The third-order valence-electron chi connectivity index (χ3n) is 3.69. The minimum absolute atomic E-state index is 0.118. The predicted octanol–water partition coefficient (Wildman–Crippen LogP) is 2.88. The summed E-state index contributed by atoms with van der Waals surface area (Å²) in [5.41, 5.74) is 7.16. The summed E-state index contributed by atoms with van der Waals surface area (Å²) < 4.78 is 5.15. The summed E-state index contributed by atoms with van der Waals surface area (Å²) in [4.78, 5) is 15.1. The molecule has 1 unspecified atom stereocenters. The molecule has 0 aliphatic heterocycles. The number of anilines is 1. The first-order valence-corrected chi connectivity index (χ1v) is 7.69. The van der Waals surface area contributed by atoms with Gasteiger partial charge in [0.25, 0.3) is 0 Å². The van der Waals surface area contributed by atoms with Gasteiger partial charge in [0, 0.05) is 24.7 Å². The van der Waals surface area contributed by atoms with Crippen molar-refractivity contribution in [2.45, 2.75) is 45.8 Å². The van der Waals surface area contributed by atoms with E-state index in [0.29, 0.717) is 24.5 Å². The highest BCUT2D eigenvalue weighted by Gasteiger charge is 2.31. The zero-order chi connectivity index (χ0) is 17.8. The van der Waals surface area contributed by atoms with Gasteiger partial charge in [-0.3, -0.25) is 4.90 Å².